The van der Waals surface area contributed by atoms with Crippen molar-refractivity contribution in [1.29, 1.82) is 0 Å². The van der Waals surface area contributed by atoms with E-state index in [1.165, 1.54) is 17.8 Å². The van der Waals surface area contributed by atoms with E-state index in [1.54, 1.807) is 18.0 Å². The summed E-state index contributed by atoms with van der Waals surface area (Å²) >= 11 is 1.43. The van der Waals surface area contributed by atoms with Gasteiger partial charge in [0, 0.05) is 23.5 Å². The first-order chi connectivity index (χ1) is 9.95. The molecule has 1 amide bonds. The molecule has 1 aliphatic carbocycles. The maximum atomic E-state index is 12.4. The van der Waals surface area contributed by atoms with Crippen LogP contribution in [0.3, 0.4) is 0 Å². The van der Waals surface area contributed by atoms with Crippen molar-refractivity contribution in [1.82, 2.24) is 4.90 Å². The van der Waals surface area contributed by atoms with E-state index >= 15 is 0 Å². The SMILES string of the molecule is Cc1sc(C(=O)N(C)Cc2ccc(C3CC3C)o2)cc1N. The van der Waals surface area contributed by atoms with Crippen LogP contribution in [0.15, 0.2) is 22.6 Å². The molecular formula is C16H20N2O2S. The fraction of sp³-hybridized carbons (Fsp3) is 0.438. The van der Waals surface area contributed by atoms with Crippen LogP contribution in [0.2, 0.25) is 0 Å². The molecular weight excluding hydrogens is 284 g/mol. The Kier molecular flexibility index (Phi) is 3.53. The standard InChI is InChI=1S/C16H20N2O2S/c1-9-6-12(9)14-5-4-11(20-14)8-18(3)16(19)15-7-13(17)10(2)21-15/h4-5,7,9,12H,6,8,17H2,1-3H3. The number of hydrogen-bond acceptors (Lipinski definition) is 4. The molecule has 3 rings (SSSR count). The lowest BCUT2D eigenvalue weighted by molar-refractivity contribution is 0.0779. The Balaban J connectivity index is 1.66. The number of thiophene rings is 1. The fourth-order valence-corrected chi connectivity index (χ4v) is 3.43. The number of furan rings is 1. The molecule has 2 unspecified atom stereocenters. The number of nitrogens with zero attached hydrogens (tertiary/aromatic N) is 1. The lowest BCUT2D eigenvalue weighted by Gasteiger charge is -2.14. The Bertz CT molecular complexity index is 654. The summed E-state index contributed by atoms with van der Waals surface area (Å²) in [5, 5.41) is 0. The molecule has 0 aliphatic heterocycles. The lowest BCUT2D eigenvalue weighted by Crippen LogP contribution is -2.25. The number of nitrogens with two attached hydrogens (primary N) is 1. The Morgan fingerprint density at radius 2 is 2.24 bits per heavy atom. The van der Waals surface area contributed by atoms with Crippen molar-refractivity contribution in [3.8, 4) is 0 Å². The monoisotopic (exact) mass is 304 g/mol. The number of nitrogen functional groups attached to an aromatic ring is 1. The fourth-order valence-electron chi connectivity index (χ4n) is 2.49. The Morgan fingerprint density at radius 3 is 2.81 bits per heavy atom. The first-order valence-corrected chi connectivity index (χ1v) is 7.97. The highest BCUT2D eigenvalue weighted by Gasteiger charge is 2.36. The first-order valence-electron chi connectivity index (χ1n) is 7.15. The first kappa shape index (κ1) is 14.2. The number of hydrogen-bond donors (Lipinski definition) is 1. The third-order valence-electron chi connectivity index (χ3n) is 4.06. The highest BCUT2D eigenvalue weighted by Crippen LogP contribution is 2.47. The maximum Gasteiger partial charge on any atom is 0.264 e. The van der Waals surface area contributed by atoms with Crippen molar-refractivity contribution in [2.45, 2.75) is 32.7 Å². The van der Waals surface area contributed by atoms with Crippen LogP contribution in [0, 0.1) is 12.8 Å². The summed E-state index contributed by atoms with van der Waals surface area (Å²) in [6.07, 6.45) is 1.20. The van der Waals surface area contributed by atoms with E-state index < -0.39 is 0 Å². The average molecular weight is 304 g/mol. The van der Waals surface area contributed by atoms with E-state index in [0.29, 0.717) is 23.0 Å². The van der Waals surface area contributed by atoms with Crippen molar-refractivity contribution in [2.24, 2.45) is 5.92 Å². The van der Waals surface area contributed by atoms with Gasteiger partial charge in [0.05, 0.1) is 11.4 Å². The maximum absolute atomic E-state index is 12.4. The summed E-state index contributed by atoms with van der Waals surface area (Å²) in [5.74, 6) is 3.16. The summed E-state index contributed by atoms with van der Waals surface area (Å²) < 4.78 is 5.85. The highest BCUT2D eigenvalue weighted by atomic mass is 32.1. The van der Waals surface area contributed by atoms with Crippen molar-refractivity contribution in [2.75, 3.05) is 12.8 Å². The topological polar surface area (TPSA) is 59.5 Å². The van der Waals surface area contributed by atoms with Gasteiger partial charge in [0.2, 0.25) is 0 Å². The van der Waals surface area contributed by atoms with Crippen molar-refractivity contribution < 1.29 is 9.21 Å². The number of carbonyl (C=O) groups excluding carboxylic acids is 1. The van der Waals surface area contributed by atoms with E-state index in [4.69, 9.17) is 10.2 Å². The van der Waals surface area contributed by atoms with Gasteiger partial charge in [-0.2, -0.15) is 0 Å². The van der Waals surface area contributed by atoms with Crippen molar-refractivity contribution in [3.05, 3.63) is 39.5 Å². The predicted molar refractivity (Wildman–Crippen MR) is 84.5 cm³/mol. The van der Waals surface area contributed by atoms with Crippen LogP contribution in [-0.2, 0) is 6.54 Å². The Hall–Kier alpha value is -1.75. The molecule has 1 saturated carbocycles. The van der Waals surface area contributed by atoms with Gasteiger partial charge in [-0.05, 0) is 37.5 Å². The van der Waals surface area contributed by atoms with Crippen LogP contribution in [0.1, 0.15) is 45.3 Å². The van der Waals surface area contributed by atoms with Crippen LogP contribution < -0.4 is 5.73 Å². The molecule has 112 valence electrons. The molecule has 2 aromatic rings. The quantitative estimate of drug-likeness (QED) is 0.938. The number of carbonyl (C=O) groups is 1. The molecule has 0 spiro atoms. The van der Waals surface area contributed by atoms with Crippen molar-refractivity contribution in [3.63, 3.8) is 0 Å². The second kappa shape index (κ2) is 5.22. The zero-order valence-corrected chi connectivity index (χ0v) is 13.4. The number of aryl methyl sites for hydroxylation is 1. The van der Waals surface area contributed by atoms with Crippen molar-refractivity contribution >= 4 is 22.9 Å². The summed E-state index contributed by atoms with van der Waals surface area (Å²) in [7, 11) is 1.79. The molecule has 2 N–H and O–H groups in total. The number of rotatable bonds is 4. The van der Waals surface area contributed by atoms with Gasteiger partial charge < -0.3 is 15.1 Å². The third kappa shape index (κ3) is 2.83. The number of amides is 1. The van der Waals surface area contributed by atoms with Gasteiger partial charge in [0.25, 0.3) is 5.91 Å². The predicted octanol–water partition coefficient (Wildman–Crippen LogP) is 3.63. The van der Waals surface area contributed by atoms with Gasteiger partial charge in [0.15, 0.2) is 0 Å². The van der Waals surface area contributed by atoms with Crippen LogP contribution in [-0.4, -0.2) is 17.9 Å². The summed E-state index contributed by atoms with van der Waals surface area (Å²) in [5.41, 5.74) is 6.49. The molecule has 2 atom stereocenters. The minimum atomic E-state index is -0.0162. The molecule has 5 heteroatoms. The normalized spacial score (nSPS) is 20.5. The largest absolute Gasteiger partial charge is 0.464 e. The van der Waals surface area contributed by atoms with E-state index in [0.717, 1.165) is 22.3 Å². The van der Waals surface area contributed by atoms with Gasteiger partial charge in [-0.15, -0.1) is 11.3 Å². The van der Waals surface area contributed by atoms with Crippen LogP contribution in [0.25, 0.3) is 0 Å². The van der Waals surface area contributed by atoms with Gasteiger partial charge in [-0.1, -0.05) is 6.92 Å². The molecule has 4 nitrogen and oxygen atoms in total. The minimum absolute atomic E-state index is 0.0162. The second-order valence-electron chi connectivity index (χ2n) is 5.91. The van der Waals surface area contributed by atoms with Crippen LogP contribution >= 0.6 is 11.3 Å². The molecule has 1 fully saturated rings. The molecule has 2 heterocycles. The molecule has 2 aromatic heterocycles. The summed E-state index contributed by atoms with van der Waals surface area (Å²) in [6.45, 7) is 4.63. The molecule has 21 heavy (non-hydrogen) atoms. The summed E-state index contributed by atoms with van der Waals surface area (Å²) in [6, 6.07) is 5.76. The van der Waals surface area contributed by atoms with E-state index in [2.05, 4.69) is 6.92 Å². The smallest absolute Gasteiger partial charge is 0.264 e. The minimum Gasteiger partial charge on any atom is -0.464 e. The number of anilines is 1. The summed E-state index contributed by atoms with van der Waals surface area (Å²) in [4.78, 5) is 15.7. The van der Waals surface area contributed by atoms with E-state index in [9.17, 15) is 4.79 Å². The van der Waals surface area contributed by atoms with Crippen LogP contribution in [0.4, 0.5) is 5.69 Å². The Labute approximate surface area is 128 Å². The molecule has 0 aromatic carbocycles. The van der Waals surface area contributed by atoms with Gasteiger partial charge in [-0.25, -0.2) is 0 Å². The molecule has 1 aliphatic rings. The zero-order chi connectivity index (χ0) is 15.1. The molecule has 0 radical (unpaired) electrons. The van der Waals surface area contributed by atoms with Gasteiger partial charge >= 0.3 is 0 Å². The van der Waals surface area contributed by atoms with E-state index in [1.807, 2.05) is 19.1 Å². The van der Waals surface area contributed by atoms with Gasteiger partial charge in [-0.3, -0.25) is 4.79 Å². The van der Waals surface area contributed by atoms with E-state index in [-0.39, 0.29) is 5.91 Å². The lowest BCUT2D eigenvalue weighted by atomic mass is 10.3. The Morgan fingerprint density at radius 1 is 1.52 bits per heavy atom. The van der Waals surface area contributed by atoms with Crippen LogP contribution in [0.5, 0.6) is 0 Å². The molecule has 0 saturated heterocycles. The molecule has 0 bridgehead atoms. The zero-order valence-electron chi connectivity index (χ0n) is 12.6. The highest BCUT2D eigenvalue weighted by molar-refractivity contribution is 7.14. The second-order valence-corrected chi connectivity index (χ2v) is 7.16. The van der Waals surface area contributed by atoms with Gasteiger partial charge in [0.1, 0.15) is 11.5 Å². The third-order valence-corrected chi connectivity index (χ3v) is 5.12. The average Bonchev–Trinajstić information content (AvgIpc) is 2.84.